The van der Waals surface area contributed by atoms with E-state index in [9.17, 15) is 4.79 Å². The summed E-state index contributed by atoms with van der Waals surface area (Å²) in [7, 11) is 0. The van der Waals surface area contributed by atoms with Gasteiger partial charge < -0.3 is 4.74 Å². The number of aryl methyl sites for hydroxylation is 1. The van der Waals surface area contributed by atoms with Crippen molar-refractivity contribution >= 4 is 48.6 Å². The van der Waals surface area contributed by atoms with Crippen LogP contribution in [-0.2, 0) is 16.0 Å². The number of rotatable bonds is 5. The first kappa shape index (κ1) is 14.5. The zero-order valence-corrected chi connectivity index (χ0v) is 13.5. The Morgan fingerprint density at radius 1 is 1.11 bits per heavy atom. The molecule has 2 aromatic carbocycles. The first-order valence-corrected chi connectivity index (χ1v) is 7.92. The number of esters is 1. The molecule has 0 atom stereocenters. The highest BCUT2D eigenvalue weighted by Gasteiger charge is 2.10. The third kappa shape index (κ3) is 4.32. The normalized spacial score (nSPS) is 10.9. The van der Waals surface area contributed by atoms with Crippen LogP contribution in [0.3, 0.4) is 0 Å². The first-order valence-electron chi connectivity index (χ1n) is 6.09. The summed E-state index contributed by atoms with van der Waals surface area (Å²) in [5.41, 5.74) is 1.27. The molecule has 0 heterocycles. The van der Waals surface area contributed by atoms with E-state index in [1.54, 1.807) is 0 Å². The minimum absolute atomic E-state index is 0.279. The van der Waals surface area contributed by atoms with Crippen LogP contribution in [0.25, 0.3) is 10.8 Å². The van der Waals surface area contributed by atoms with Crippen molar-refractivity contribution in [3.8, 4) is 0 Å². The second-order valence-electron chi connectivity index (χ2n) is 4.25. The van der Waals surface area contributed by atoms with Crippen LogP contribution in [-0.4, -0.2) is 16.3 Å². The van der Waals surface area contributed by atoms with Crippen LogP contribution in [0.1, 0.15) is 12.0 Å². The number of hydrogen-bond acceptors (Lipinski definition) is 2. The van der Waals surface area contributed by atoms with Crippen LogP contribution >= 0.6 is 31.9 Å². The molecular weight excluding hydrogens is 372 g/mol. The quantitative estimate of drug-likeness (QED) is 0.432. The molecule has 0 aliphatic heterocycles. The van der Waals surface area contributed by atoms with E-state index in [-0.39, 0.29) is 5.97 Å². The van der Waals surface area contributed by atoms with Gasteiger partial charge in [0.2, 0.25) is 0 Å². The number of ether oxygens (including phenoxy) is 1. The number of carbonyl (C=O) groups is 1. The molecule has 0 radical (unpaired) electrons. The Labute approximate surface area is 129 Å². The minimum Gasteiger partial charge on any atom is -0.464 e. The molecule has 0 aromatic heterocycles. The lowest BCUT2D eigenvalue weighted by Crippen LogP contribution is -2.12. The zero-order chi connectivity index (χ0) is 13.7. The number of alkyl halides is 2. The Balaban J connectivity index is 1.86. The largest absolute Gasteiger partial charge is 0.464 e. The van der Waals surface area contributed by atoms with Gasteiger partial charge in [0.15, 0.2) is 3.74 Å². The standard InChI is InChI=1S/C15H14Br2O2/c16-14(17)15(18)19-9-3-4-11-7-8-12-5-1-2-6-13(12)10-11/h1-2,5-8,10,14H,3-4,9H2. The molecule has 0 N–H and O–H groups in total. The molecule has 0 saturated heterocycles. The van der Waals surface area contributed by atoms with Gasteiger partial charge in [0.1, 0.15) is 0 Å². The molecule has 0 aliphatic carbocycles. The van der Waals surface area contributed by atoms with Gasteiger partial charge in [0.05, 0.1) is 6.61 Å². The Morgan fingerprint density at radius 3 is 2.58 bits per heavy atom. The highest BCUT2D eigenvalue weighted by Crippen LogP contribution is 2.16. The van der Waals surface area contributed by atoms with Crippen molar-refractivity contribution < 1.29 is 9.53 Å². The number of fused-ring (bicyclic) bond motifs is 1. The first-order chi connectivity index (χ1) is 9.16. The SMILES string of the molecule is O=C(OCCCc1ccc2ccccc2c1)C(Br)Br. The van der Waals surface area contributed by atoms with Crippen molar-refractivity contribution in [3.63, 3.8) is 0 Å². The van der Waals surface area contributed by atoms with Crippen molar-refractivity contribution in [1.82, 2.24) is 0 Å². The van der Waals surface area contributed by atoms with Crippen LogP contribution < -0.4 is 0 Å². The van der Waals surface area contributed by atoms with Gasteiger partial charge >= 0.3 is 5.97 Å². The number of halogens is 2. The smallest absolute Gasteiger partial charge is 0.330 e. The third-order valence-corrected chi connectivity index (χ3v) is 3.59. The van der Waals surface area contributed by atoms with E-state index in [0.29, 0.717) is 6.61 Å². The Kier molecular flexibility index (Phi) is 5.40. The van der Waals surface area contributed by atoms with Crippen LogP contribution in [0.15, 0.2) is 42.5 Å². The summed E-state index contributed by atoms with van der Waals surface area (Å²) < 4.78 is 4.66. The molecule has 2 rings (SSSR count). The van der Waals surface area contributed by atoms with Gasteiger partial charge in [0.25, 0.3) is 0 Å². The lowest BCUT2D eigenvalue weighted by Gasteiger charge is -2.06. The van der Waals surface area contributed by atoms with Gasteiger partial charge in [-0.3, -0.25) is 0 Å². The van der Waals surface area contributed by atoms with Crippen molar-refractivity contribution in [1.29, 1.82) is 0 Å². The Hall–Kier alpha value is -0.870. The van der Waals surface area contributed by atoms with E-state index in [0.717, 1.165) is 12.8 Å². The molecule has 4 heteroatoms. The van der Waals surface area contributed by atoms with Crippen molar-refractivity contribution in [3.05, 3.63) is 48.0 Å². The van der Waals surface area contributed by atoms with Crippen LogP contribution in [0.5, 0.6) is 0 Å². The molecule has 19 heavy (non-hydrogen) atoms. The van der Waals surface area contributed by atoms with Crippen molar-refractivity contribution in [2.45, 2.75) is 16.6 Å². The molecule has 2 nitrogen and oxygen atoms in total. The lowest BCUT2D eigenvalue weighted by molar-refractivity contribution is -0.141. The van der Waals surface area contributed by atoms with Crippen LogP contribution in [0.4, 0.5) is 0 Å². The Morgan fingerprint density at radius 2 is 1.84 bits per heavy atom. The van der Waals surface area contributed by atoms with E-state index in [1.165, 1.54) is 16.3 Å². The molecule has 2 aromatic rings. The predicted octanol–water partition coefficient (Wildman–Crippen LogP) is 4.43. The molecular formula is C15H14Br2O2. The zero-order valence-electron chi connectivity index (χ0n) is 10.3. The predicted molar refractivity (Wildman–Crippen MR) is 84.9 cm³/mol. The molecule has 0 amide bonds. The van der Waals surface area contributed by atoms with Crippen LogP contribution in [0.2, 0.25) is 0 Å². The molecule has 0 saturated carbocycles. The molecule has 0 bridgehead atoms. The summed E-state index contributed by atoms with van der Waals surface area (Å²) >= 11 is 6.21. The minimum atomic E-state index is -0.416. The average Bonchev–Trinajstić information content (AvgIpc) is 2.43. The summed E-state index contributed by atoms with van der Waals surface area (Å²) in [6.07, 6.45) is 1.74. The third-order valence-electron chi connectivity index (χ3n) is 2.85. The maximum absolute atomic E-state index is 11.2. The molecule has 100 valence electrons. The second-order valence-corrected chi connectivity index (χ2v) is 7.31. The Bertz CT molecular complexity index is 567. The van der Waals surface area contributed by atoms with E-state index in [2.05, 4.69) is 62.2 Å². The summed E-state index contributed by atoms with van der Waals surface area (Å²) in [4.78, 5) is 11.2. The van der Waals surface area contributed by atoms with E-state index >= 15 is 0 Å². The number of benzene rings is 2. The molecule has 0 spiro atoms. The maximum atomic E-state index is 11.2. The van der Waals surface area contributed by atoms with Gasteiger partial charge in [-0.15, -0.1) is 0 Å². The summed E-state index contributed by atoms with van der Waals surface area (Å²) in [5, 5.41) is 2.50. The fourth-order valence-corrected chi connectivity index (χ4v) is 2.17. The fraction of sp³-hybridized carbons (Fsp3) is 0.267. The van der Waals surface area contributed by atoms with Crippen LogP contribution in [0, 0.1) is 0 Å². The van der Waals surface area contributed by atoms with Gasteiger partial charge in [-0.2, -0.15) is 0 Å². The fourth-order valence-electron chi connectivity index (χ4n) is 1.91. The molecule has 0 aliphatic rings. The second kappa shape index (κ2) is 7.06. The van der Waals surface area contributed by atoms with Gasteiger partial charge in [-0.25, -0.2) is 4.79 Å². The summed E-state index contributed by atoms with van der Waals surface area (Å²) in [6.45, 7) is 0.444. The maximum Gasteiger partial charge on any atom is 0.330 e. The number of hydrogen-bond donors (Lipinski definition) is 0. The highest BCUT2D eigenvalue weighted by atomic mass is 79.9. The topological polar surface area (TPSA) is 26.3 Å². The van der Waals surface area contributed by atoms with Gasteiger partial charge in [0, 0.05) is 0 Å². The lowest BCUT2D eigenvalue weighted by atomic mass is 10.0. The molecule has 0 fully saturated rings. The monoisotopic (exact) mass is 384 g/mol. The highest BCUT2D eigenvalue weighted by molar-refractivity contribution is 9.25. The summed E-state index contributed by atoms with van der Waals surface area (Å²) in [6, 6.07) is 14.7. The number of carbonyl (C=O) groups excluding carboxylic acids is 1. The van der Waals surface area contributed by atoms with Gasteiger partial charge in [-0.05, 0) is 29.2 Å². The van der Waals surface area contributed by atoms with Gasteiger partial charge in [-0.1, -0.05) is 74.3 Å². The van der Waals surface area contributed by atoms with E-state index in [1.807, 2.05) is 12.1 Å². The van der Waals surface area contributed by atoms with Crippen molar-refractivity contribution in [2.24, 2.45) is 0 Å². The van der Waals surface area contributed by atoms with E-state index in [4.69, 9.17) is 4.74 Å². The average molecular weight is 386 g/mol. The van der Waals surface area contributed by atoms with Crippen molar-refractivity contribution in [2.75, 3.05) is 6.61 Å². The molecule has 0 unspecified atom stereocenters. The summed E-state index contributed by atoms with van der Waals surface area (Å²) in [5.74, 6) is -0.279. The van der Waals surface area contributed by atoms with E-state index < -0.39 is 3.74 Å².